The molecular formula is C26H41N3O4. The van der Waals surface area contributed by atoms with Crippen LogP contribution in [0, 0.1) is 11.8 Å². The zero-order valence-corrected chi connectivity index (χ0v) is 20.5. The standard InChI is InChI=1S/C26H41N3O4/c1-26(2,3)33-25(31)28-23(17-20-7-5-4-6-8-20)24(30)27-18-21-9-13-29(14-10-21)19-22-11-15-32-16-12-22/h4-8,21-23H,9-19H2,1-3H3,(H,27,30)(H,28,31). The van der Waals surface area contributed by atoms with Gasteiger partial charge in [0, 0.05) is 32.7 Å². The van der Waals surface area contributed by atoms with Crippen LogP contribution in [0.5, 0.6) is 0 Å². The zero-order valence-electron chi connectivity index (χ0n) is 20.5. The largest absolute Gasteiger partial charge is 0.444 e. The van der Waals surface area contributed by atoms with Crippen molar-refractivity contribution in [2.24, 2.45) is 11.8 Å². The number of hydrogen-bond donors (Lipinski definition) is 2. The minimum Gasteiger partial charge on any atom is -0.444 e. The number of piperidine rings is 1. The molecule has 1 atom stereocenters. The Morgan fingerprint density at radius 1 is 1.06 bits per heavy atom. The molecule has 2 amide bonds. The lowest BCUT2D eigenvalue weighted by Gasteiger charge is -2.35. The van der Waals surface area contributed by atoms with Gasteiger partial charge < -0.3 is 25.0 Å². The van der Waals surface area contributed by atoms with Crippen LogP contribution >= 0.6 is 0 Å². The Morgan fingerprint density at radius 2 is 1.73 bits per heavy atom. The predicted molar refractivity (Wildman–Crippen MR) is 129 cm³/mol. The van der Waals surface area contributed by atoms with Crippen LogP contribution in [0.2, 0.25) is 0 Å². The summed E-state index contributed by atoms with van der Waals surface area (Å²) in [6.45, 7) is 11.2. The summed E-state index contributed by atoms with van der Waals surface area (Å²) in [4.78, 5) is 27.9. The monoisotopic (exact) mass is 459 g/mol. The van der Waals surface area contributed by atoms with Gasteiger partial charge in [0.2, 0.25) is 5.91 Å². The van der Waals surface area contributed by atoms with Crippen LogP contribution in [0.1, 0.15) is 52.0 Å². The number of carbonyl (C=O) groups is 2. The second kappa shape index (κ2) is 12.4. The van der Waals surface area contributed by atoms with E-state index in [9.17, 15) is 9.59 Å². The number of benzene rings is 1. The predicted octanol–water partition coefficient (Wildman–Crippen LogP) is 3.38. The van der Waals surface area contributed by atoms with Crippen LogP contribution in [0.25, 0.3) is 0 Å². The first-order valence-corrected chi connectivity index (χ1v) is 12.4. The maximum absolute atomic E-state index is 13.0. The lowest BCUT2D eigenvalue weighted by atomic mass is 9.94. The van der Waals surface area contributed by atoms with Crippen molar-refractivity contribution in [1.82, 2.24) is 15.5 Å². The van der Waals surface area contributed by atoms with Gasteiger partial charge in [-0.05, 0) is 76.9 Å². The molecule has 0 spiro atoms. The van der Waals surface area contributed by atoms with E-state index in [1.807, 2.05) is 51.1 Å². The van der Waals surface area contributed by atoms with Crippen molar-refractivity contribution in [3.8, 4) is 0 Å². The minimum absolute atomic E-state index is 0.158. The number of likely N-dealkylation sites (tertiary alicyclic amines) is 1. The van der Waals surface area contributed by atoms with Gasteiger partial charge in [-0.1, -0.05) is 30.3 Å². The summed E-state index contributed by atoms with van der Waals surface area (Å²) in [6.07, 6.45) is 4.38. The SMILES string of the molecule is CC(C)(C)OC(=O)NC(Cc1ccccc1)C(=O)NCC1CCN(CC2CCOCC2)CC1. The molecule has 2 N–H and O–H groups in total. The number of nitrogens with one attached hydrogen (secondary N) is 2. The number of carbonyl (C=O) groups excluding carboxylic acids is 2. The maximum atomic E-state index is 13.0. The van der Waals surface area contributed by atoms with Crippen LogP contribution in [0.3, 0.4) is 0 Å². The summed E-state index contributed by atoms with van der Waals surface area (Å²) >= 11 is 0. The molecule has 0 bridgehead atoms. The molecule has 33 heavy (non-hydrogen) atoms. The van der Waals surface area contributed by atoms with Gasteiger partial charge in [0.1, 0.15) is 11.6 Å². The van der Waals surface area contributed by atoms with E-state index in [0.29, 0.717) is 18.9 Å². The molecule has 184 valence electrons. The quantitative estimate of drug-likeness (QED) is 0.623. The van der Waals surface area contributed by atoms with Crippen molar-refractivity contribution in [2.45, 2.75) is 64.5 Å². The molecule has 0 saturated carbocycles. The molecule has 2 saturated heterocycles. The van der Waals surface area contributed by atoms with E-state index in [4.69, 9.17) is 9.47 Å². The van der Waals surface area contributed by atoms with Crippen LogP contribution in [0.15, 0.2) is 30.3 Å². The lowest BCUT2D eigenvalue weighted by molar-refractivity contribution is -0.123. The fourth-order valence-corrected chi connectivity index (χ4v) is 4.54. The highest BCUT2D eigenvalue weighted by Crippen LogP contribution is 2.21. The Hall–Kier alpha value is -2.12. The second-order valence-corrected chi connectivity index (χ2v) is 10.4. The third-order valence-corrected chi connectivity index (χ3v) is 6.42. The van der Waals surface area contributed by atoms with Gasteiger partial charge in [-0.25, -0.2) is 4.79 Å². The molecule has 0 aliphatic carbocycles. The second-order valence-electron chi connectivity index (χ2n) is 10.4. The van der Waals surface area contributed by atoms with Gasteiger partial charge in [0.25, 0.3) is 0 Å². The number of rotatable bonds is 8. The highest BCUT2D eigenvalue weighted by atomic mass is 16.6. The Kier molecular flexibility index (Phi) is 9.56. The first-order valence-electron chi connectivity index (χ1n) is 12.4. The molecule has 2 aliphatic heterocycles. The van der Waals surface area contributed by atoms with Crippen molar-refractivity contribution in [3.63, 3.8) is 0 Å². The van der Waals surface area contributed by atoms with Crippen molar-refractivity contribution >= 4 is 12.0 Å². The normalized spacial score (nSPS) is 19.6. The van der Waals surface area contributed by atoms with E-state index in [1.54, 1.807) is 0 Å². The van der Waals surface area contributed by atoms with Crippen molar-refractivity contribution < 1.29 is 19.1 Å². The zero-order chi connectivity index (χ0) is 23.7. The summed E-state index contributed by atoms with van der Waals surface area (Å²) in [6, 6.07) is 9.07. The molecule has 0 radical (unpaired) electrons. The number of ether oxygens (including phenoxy) is 2. The summed E-state index contributed by atoms with van der Waals surface area (Å²) in [7, 11) is 0. The van der Waals surface area contributed by atoms with Crippen LogP contribution < -0.4 is 10.6 Å². The molecule has 2 heterocycles. The highest BCUT2D eigenvalue weighted by Gasteiger charge is 2.27. The topological polar surface area (TPSA) is 79.9 Å². The number of amides is 2. The van der Waals surface area contributed by atoms with Gasteiger partial charge in [-0.3, -0.25) is 4.79 Å². The van der Waals surface area contributed by atoms with Gasteiger partial charge in [0.05, 0.1) is 0 Å². The fourth-order valence-electron chi connectivity index (χ4n) is 4.54. The van der Waals surface area contributed by atoms with Crippen molar-refractivity contribution in [2.75, 3.05) is 39.4 Å². The summed E-state index contributed by atoms with van der Waals surface area (Å²) < 4.78 is 10.9. The average Bonchev–Trinajstić information content (AvgIpc) is 2.78. The van der Waals surface area contributed by atoms with Gasteiger partial charge >= 0.3 is 6.09 Å². The lowest BCUT2D eigenvalue weighted by Crippen LogP contribution is -2.50. The Labute approximate surface area is 198 Å². The molecule has 1 aromatic rings. The van der Waals surface area contributed by atoms with E-state index in [1.165, 1.54) is 19.4 Å². The highest BCUT2D eigenvalue weighted by molar-refractivity contribution is 5.86. The Morgan fingerprint density at radius 3 is 2.36 bits per heavy atom. The summed E-state index contributed by atoms with van der Waals surface area (Å²) in [5.41, 5.74) is 0.381. The molecule has 7 heteroatoms. The first-order chi connectivity index (χ1) is 15.8. The van der Waals surface area contributed by atoms with Crippen LogP contribution in [-0.2, 0) is 20.7 Å². The average molecular weight is 460 g/mol. The number of hydrogen-bond acceptors (Lipinski definition) is 5. The first kappa shape index (κ1) is 25.5. The summed E-state index contributed by atoms with van der Waals surface area (Å²) in [5, 5.41) is 5.86. The van der Waals surface area contributed by atoms with E-state index in [2.05, 4.69) is 15.5 Å². The number of nitrogens with zero attached hydrogens (tertiary/aromatic N) is 1. The molecule has 0 aromatic heterocycles. The molecule has 2 aliphatic rings. The summed E-state index contributed by atoms with van der Waals surface area (Å²) in [5.74, 6) is 1.07. The minimum atomic E-state index is -0.671. The van der Waals surface area contributed by atoms with Crippen LogP contribution in [0.4, 0.5) is 4.79 Å². The van der Waals surface area contributed by atoms with E-state index in [0.717, 1.165) is 50.6 Å². The van der Waals surface area contributed by atoms with Crippen molar-refractivity contribution in [1.29, 1.82) is 0 Å². The third-order valence-electron chi connectivity index (χ3n) is 6.42. The molecular weight excluding hydrogens is 418 g/mol. The van der Waals surface area contributed by atoms with Gasteiger partial charge in [0.15, 0.2) is 0 Å². The van der Waals surface area contributed by atoms with Gasteiger partial charge in [-0.15, -0.1) is 0 Å². The molecule has 1 aromatic carbocycles. The Balaban J connectivity index is 1.46. The smallest absolute Gasteiger partial charge is 0.408 e. The maximum Gasteiger partial charge on any atom is 0.408 e. The van der Waals surface area contributed by atoms with E-state index >= 15 is 0 Å². The van der Waals surface area contributed by atoms with E-state index in [-0.39, 0.29) is 5.91 Å². The van der Waals surface area contributed by atoms with Gasteiger partial charge in [-0.2, -0.15) is 0 Å². The molecule has 2 fully saturated rings. The molecule has 7 nitrogen and oxygen atoms in total. The Bertz CT molecular complexity index is 736. The third kappa shape index (κ3) is 9.33. The fraction of sp³-hybridized carbons (Fsp3) is 0.692. The molecule has 3 rings (SSSR count). The molecule has 1 unspecified atom stereocenters. The van der Waals surface area contributed by atoms with Crippen molar-refractivity contribution in [3.05, 3.63) is 35.9 Å². The van der Waals surface area contributed by atoms with E-state index < -0.39 is 17.7 Å². The number of alkyl carbamates (subject to hydrolysis) is 1. The van der Waals surface area contributed by atoms with Crippen LogP contribution in [-0.4, -0.2) is 67.9 Å².